The van der Waals surface area contributed by atoms with Crippen LogP contribution in [0, 0.1) is 13.8 Å². The molecule has 0 saturated carbocycles. The van der Waals surface area contributed by atoms with Gasteiger partial charge in [0.05, 0.1) is 11.9 Å². The highest BCUT2D eigenvalue weighted by atomic mass is 35.5. The third-order valence-electron chi connectivity index (χ3n) is 6.06. The minimum atomic E-state index is -3.56. The molecule has 0 fully saturated rings. The number of sulfonamides is 1. The summed E-state index contributed by atoms with van der Waals surface area (Å²) in [5.41, 5.74) is 3.16. The number of hydrogen-bond acceptors (Lipinski definition) is 4. The van der Waals surface area contributed by atoms with E-state index in [0.717, 1.165) is 17.4 Å². The number of aryl methyl sites for hydroxylation is 2. The van der Waals surface area contributed by atoms with Gasteiger partial charge in [-0.25, -0.2) is 8.42 Å². The van der Waals surface area contributed by atoms with Crippen molar-refractivity contribution in [3.05, 3.63) is 63.1 Å². The van der Waals surface area contributed by atoms with E-state index in [1.165, 1.54) is 9.21 Å². The fourth-order valence-electron chi connectivity index (χ4n) is 3.95. The zero-order chi connectivity index (χ0) is 27.0. The van der Waals surface area contributed by atoms with Crippen molar-refractivity contribution in [3.8, 4) is 0 Å². The Bertz CT molecular complexity index is 1170. The van der Waals surface area contributed by atoms with Gasteiger partial charge in [-0.15, -0.1) is 0 Å². The van der Waals surface area contributed by atoms with Gasteiger partial charge in [0.1, 0.15) is 6.04 Å². The molecule has 198 valence electrons. The van der Waals surface area contributed by atoms with E-state index in [2.05, 4.69) is 5.32 Å². The molecule has 0 aliphatic heterocycles. The van der Waals surface area contributed by atoms with E-state index in [1.54, 1.807) is 24.3 Å². The fourth-order valence-corrected chi connectivity index (χ4v) is 5.42. The zero-order valence-corrected chi connectivity index (χ0v) is 23.8. The average molecular weight is 557 g/mol. The molecule has 0 spiro atoms. The lowest BCUT2D eigenvalue weighted by atomic mass is 10.1. The number of benzene rings is 2. The van der Waals surface area contributed by atoms with Gasteiger partial charge in [0.25, 0.3) is 0 Å². The second kappa shape index (κ2) is 13.3. The van der Waals surface area contributed by atoms with Gasteiger partial charge < -0.3 is 10.2 Å². The van der Waals surface area contributed by atoms with E-state index in [-0.39, 0.29) is 37.7 Å². The van der Waals surface area contributed by atoms with Crippen LogP contribution in [-0.2, 0) is 26.2 Å². The Balaban J connectivity index is 2.27. The van der Waals surface area contributed by atoms with Crippen LogP contribution in [-0.4, -0.2) is 50.5 Å². The van der Waals surface area contributed by atoms with Crippen LogP contribution in [0.1, 0.15) is 49.8 Å². The van der Waals surface area contributed by atoms with Crippen molar-refractivity contribution in [2.75, 3.05) is 23.7 Å². The predicted octanol–water partition coefficient (Wildman–Crippen LogP) is 5.10. The molecule has 0 heterocycles. The molecule has 10 heteroatoms. The molecule has 0 aromatic heterocycles. The maximum Gasteiger partial charge on any atom is 0.242 e. The van der Waals surface area contributed by atoms with E-state index in [9.17, 15) is 18.0 Å². The number of likely N-dealkylation sites (N-methyl/N-ethyl adjacent to an activating group) is 1. The second-order valence-electron chi connectivity index (χ2n) is 8.75. The topological polar surface area (TPSA) is 86.8 Å². The summed E-state index contributed by atoms with van der Waals surface area (Å²) < 4.78 is 26.3. The molecule has 2 aromatic carbocycles. The highest BCUT2D eigenvalue weighted by Crippen LogP contribution is 2.28. The lowest BCUT2D eigenvalue weighted by molar-refractivity contribution is -0.141. The minimum absolute atomic E-state index is 0.0504. The first-order valence-corrected chi connectivity index (χ1v) is 14.6. The molecule has 7 nitrogen and oxygen atoms in total. The van der Waals surface area contributed by atoms with Crippen molar-refractivity contribution in [1.82, 2.24) is 10.2 Å². The number of anilines is 1. The van der Waals surface area contributed by atoms with Crippen LogP contribution in [0.25, 0.3) is 0 Å². The number of amides is 2. The van der Waals surface area contributed by atoms with Gasteiger partial charge in [0.15, 0.2) is 0 Å². The van der Waals surface area contributed by atoms with Gasteiger partial charge in [-0.3, -0.25) is 13.9 Å². The Labute approximate surface area is 224 Å². The smallest absolute Gasteiger partial charge is 0.242 e. The van der Waals surface area contributed by atoms with Crippen LogP contribution in [0.4, 0.5) is 5.69 Å². The quantitative estimate of drug-likeness (QED) is 0.394. The van der Waals surface area contributed by atoms with Crippen molar-refractivity contribution in [2.24, 2.45) is 0 Å². The van der Waals surface area contributed by atoms with E-state index in [4.69, 9.17) is 23.2 Å². The highest BCUT2D eigenvalue weighted by molar-refractivity contribution is 7.92. The minimum Gasteiger partial charge on any atom is -0.355 e. The first kappa shape index (κ1) is 29.9. The van der Waals surface area contributed by atoms with E-state index < -0.39 is 16.1 Å². The molecule has 0 radical (unpaired) electrons. The summed E-state index contributed by atoms with van der Waals surface area (Å²) in [7, 11) is -3.56. The van der Waals surface area contributed by atoms with Crippen LogP contribution in [0.3, 0.4) is 0 Å². The Morgan fingerprint density at radius 1 is 1.03 bits per heavy atom. The molecule has 2 amide bonds. The Hall–Kier alpha value is -2.29. The van der Waals surface area contributed by atoms with Gasteiger partial charge >= 0.3 is 0 Å². The summed E-state index contributed by atoms with van der Waals surface area (Å²) in [6.45, 7) is 8.16. The van der Waals surface area contributed by atoms with Crippen molar-refractivity contribution >= 4 is 50.7 Å². The van der Waals surface area contributed by atoms with E-state index in [0.29, 0.717) is 34.3 Å². The van der Waals surface area contributed by atoms with Crippen LogP contribution >= 0.6 is 23.2 Å². The van der Waals surface area contributed by atoms with Gasteiger partial charge in [-0.2, -0.15) is 0 Å². The molecular formula is C26H35Cl2N3O4S. The standard InChI is InChI=1S/C26H35Cl2N3O4S/c1-6-24(26(33)29-7-2)30(17-21-22(27)10-8-11-23(21)28)25(32)12-9-15-31(36(5,34)35)20-14-13-18(3)19(4)16-20/h8,10-11,13-14,16,24H,6-7,9,12,15,17H2,1-5H3,(H,29,33). The maximum atomic E-state index is 13.4. The number of carbonyl (C=O) groups excluding carboxylic acids is 2. The molecule has 0 bridgehead atoms. The zero-order valence-electron chi connectivity index (χ0n) is 21.5. The monoisotopic (exact) mass is 555 g/mol. The summed E-state index contributed by atoms with van der Waals surface area (Å²) in [6, 6.07) is 9.84. The third-order valence-corrected chi connectivity index (χ3v) is 7.96. The third kappa shape index (κ3) is 7.85. The first-order valence-electron chi connectivity index (χ1n) is 12.0. The molecule has 1 N–H and O–H groups in total. The SMILES string of the molecule is CCNC(=O)C(CC)N(Cc1c(Cl)cccc1Cl)C(=O)CCCN(c1ccc(C)c(C)c1)S(C)(=O)=O. The Morgan fingerprint density at radius 3 is 2.19 bits per heavy atom. The van der Waals surface area contributed by atoms with Crippen LogP contribution in [0.5, 0.6) is 0 Å². The first-order chi connectivity index (χ1) is 16.9. The van der Waals surface area contributed by atoms with Gasteiger partial charge in [-0.05, 0) is 69.0 Å². The van der Waals surface area contributed by atoms with Gasteiger partial charge in [0.2, 0.25) is 21.8 Å². The van der Waals surface area contributed by atoms with Crippen LogP contribution in [0.15, 0.2) is 36.4 Å². The number of nitrogens with one attached hydrogen (secondary N) is 1. The molecule has 2 aromatic rings. The van der Waals surface area contributed by atoms with Crippen molar-refractivity contribution in [2.45, 2.75) is 59.5 Å². The Morgan fingerprint density at radius 2 is 1.67 bits per heavy atom. The largest absolute Gasteiger partial charge is 0.355 e. The molecule has 0 aliphatic carbocycles. The van der Waals surface area contributed by atoms with Crippen molar-refractivity contribution in [1.29, 1.82) is 0 Å². The van der Waals surface area contributed by atoms with Crippen molar-refractivity contribution in [3.63, 3.8) is 0 Å². The highest BCUT2D eigenvalue weighted by Gasteiger charge is 2.29. The lowest BCUT2D eigenvalue weighted by Gasteiger charge is -2.31. The van der Waals surface area contributed by atoms with Gasteiger partial charge in [-0.1, -0.05) is 42.3 Å². The normalized spacial score (nSPS) is 12.2. The summed E-state index contributed by atoms with van der Waals surface area (Å²) in [5.74, 6) is -0.540. The van der Waals surface area contributed by atoms with Crippen molar-refractivity contribution < 1.29 is 18.0 Å². The lowest BCUT2D eigenvalue weighted by Crippen LogP contribution is -2.49. The molecule has 2 rings (SSSR count). The second-order valence-corrected chi connectivity index (χ2v) is 11.5. The fraction of sp³-hybridized carbons (Fsp3) is 0.462. The van der Waals surface area contributed by atoms with Crippen LogP contribution < -0.4 is 9.62 Å². The predicted molar refractivity (Wildman–Crippen MR) is 147 cm³/mol. The number of rotatable bonds is 12. The summed E-state index contributed by atoms with van der Waals surface area (Å²) in [4.78, 5) is 27.7. The molecule has 1 atom stereocenters. The number of hydrogen-bond donors (Lipinski definition) is 1. The Kier molecular flexibility index (Phi) is 11.1. The molecule has 0 aliphatic rings. The molecule has 36 heavy (non-hydrogen) atoms. The molecule has 1 unspecified atom stereocenters. The molecular weight excluding hydrogens is 521 g/mol. The summed E-state index contributed by atoms with van der Waals surface area (Å²) in [5, 5.41) is 3.60. The molecule has 0 saturated heterocycles. The number of carbonyl (C=O) groups is 2. The number of nitrogens with zero attached hydrogens (tertiary/aromatic N) is 2. The maximum absolute atomic E-state index is 13.4. The van der Waals surface area contributed by atoms with Crippen LogP contribution in [0.2, 0.25) is 10.0 Å². The summed E-state index contributed by atoms with van der Waals surface area (Å²) >= 11 is 12.7. The average Bonchev–Trinajstić information content (AvgIpc) is 2.79. The summed E-state index contributed by atoms with van der Waals surface area (Å²) in [6.07, 6.45) is 1.88. The van der Waals surface area contributed by atoms with E-state index >= 15 is 0 Å². The van der Waals surface area contributed by atoms with E-state index in [1.807, 2.05) is 39.8 Å². The van der Waals surface area contributed by atoms with Gasteiger partial charge in [0, 0.05) is 41.7 Å². The number of halogens is 2.